The van der Waals surface area contributed by atoms with E-state index < -0.39 is 27.3 Å². The Morgan fingerprint density at radius 1 is 0.914 bits per heavy atom. The predicted octanol–water partition coefficient (Wildman–Crippen LogP) is 6.52. The van der Waals surface area contributed by atoms with E-state index in [1.165, 1.54) is 22.5 Å². The Labute approximate surface area is 211 Å². The van der Waals surface area contributed by atoms with Crippen LogP contribution >= 0.6 is 23.2 Å². The second kappa shape index (κ2) is 9.22. The van der Waals surface area contributed by atoms with E-state index in [1.807, 2.05) is 42.5 Å². The third kappa shape index (κ3) is 4.51. The van der Waals surface area contributed by atoms with Crippen LogP contribution in [0.2, 0.25) is 10.0 Å². The van der Waals surface area contributed by atoms with E-state index in [4.69, 9.17) is 27.9 Å². The van der Waals surface area contributed by atoms with E-state index >= 15 is 0 Å². The number of nitro groups is 1. The topological polar surface area (TPSA) is 89.8 Å². The Kier molecular flexibility index (Phi) is 6.25. The van der Waals surface area contributed by atoms with Gasteiger partial charge in [-0.25, -0.2) is 8.42 Å². The molecule has 0 saturated carbocycles. The SMILES string of the molecule is O=[N+]([O-])c1ccc(S(=O)(=O)N2C[C@H](c3ccc4ccccc4c3)O[C@@H]2c2ccc(Cl)cc2Cl)cc1. The molecular formula is C25H18Cl2N2O5S. The summed E-state index contributed by atoms with van der Waals surface area (Å²) in [4.78, 5) is 10.3. The maximum Gasteiger partial charge on any atom is 0.269 e. The van der Waals surface area contributed by atoms with Crippen molar-refractivity contribution in [3.05, 3.63) is 116 Å². The van der Waals surface area contributed by atoms with E-state index in [0.717, 1.165) is 28.5 Å². The zero-order valence-electron chi connectivity index (χ0n) is 18.0. The van der Waals surface area contributed by atoms with Gasteiger partial charge in [-0.15, -0.1) is 0 Å². The van der Waals surface area contributed by atoms with Crippen molar-refractivity contribution < 1.29 is 18.1 Å². The Balaban J connectivity index is 1.57. The second-order valence-corrected chi connectivity index (χ2v) is 10.8. The van der Waals surface area contributed by atoms with Crippen LogP contribution in [-0.4, -0.2) is 24.2 Å². The van der Waals surface area contributed by atoms with Gasteiger partial charge in [0.15, 0.2) is 6.23 Å². The Morgan fingerprint density at radius 2 is 1.63 bits per heavy atom. The summed E-state index contributed by atoms with van der Waals surface area (Å²) in [6, 6.07) is 23.3. The minimum Gasteiger partial charge on any atom is -0.348 e. The van der Waals surface area contributed by atoms with Crippen LogP contribution in [0, 0.1) is 10.1 Å². The van der Waals surface area contributed by atoms with E-state index in [1.54, 1.807) is 12.1 Å². The fraction of sp³-hybridized carbons (Fsp3) is 0.120. The van der Waals surface area contributed by atoms with Crippen LogP contribution in [0.1, 0.15) is 23.5 Å². The maximum absolute atomic E-state index is 13.7. The number of benzene rings is 4. The molecule has 0 amide bonds. The van der Waals surface area contributed by atoms with E-state index in [0.29, 0.717) is 10.6 Å². The van der Waals surface area contributed by atoms with Crippen LogP contribution in [0.15, 0.2) is 89.8 Å². The van der Waals surface area contributed by atoms with Crippen molar-refractivity contribution in [1.82, 2.24) is 4.31 Å². The van der Waals surface area contributed by atoms with Gasteiger partial charge in [0, 0.05) is 34.3 Å². The number of sulfonamides is 1. The number of fused-ring (bicyclic) bond motifs is 1. The first kappa shape index (κ1) is 23.7. The van der Waals surface area contributed by atoms with Crippen LogP contribution in [0.4, 0.5) is 5.69 Å². The molecule has 5 rings (SSSR count). The van der Waals surface area contributed by atoms with Gasteiger partial charge in [-0.2, -0.15) is 4.31 Å². The molecule has 7 nitrogen and oxygen atoms in total. The molecule has 2 atom stereocenters. The summed E-state index contributed by atoms with van der Waals surface area (Å²) in [6.45, 7) is 0.0291. The summed E-state index contributed by atoms with van der Waals surface area (Å²) < 4.78 is 34.9. The lowest BCUT2D eigenvalue weighted by Gasteiger charge is -2.23. The van der Waals surface area contributed by atoms with Crippen LogP contribution in [-0.2, 0) is 14.8 Å². The van der Waals surface area contributed by atoms with Crippen LogP contribution in [0.3, 0.4) is 0 Å². The second-order valence-electron chi connectivity index (χ2n) is 8.08. The van der Waals surface area contributed by atoms with Crippen molar-refractivity contribution in [2.45, 2.75) is 17.2 Å². The normalized spacial score (nSPS) is 18.7. The molecule has 1 heterocycles. The third-order valence-electron chi connectivity index (χ3n) is 5.93. The predicted molar refractivity (Wildman–Crippen MR) is 134 cm³/mol. The van der Waals surface area contributed by atoms with Crippen LogP contribution in [0.25, 0.3) is 10.8 Å². The largest absolute Gasteiger partial charge is 0.348 e. The summed E-state index contributed by atoms with van der Waals surface area (Å²) in [5.74, 6) is 0. The molecule has 35 heavy (non-hydrogen) atoms. The molecule has 0 unspecified atom stereocenters. The molecule has 0 N–H and O–H groups in total. The lowest BCUT2D eigenvalue weighted by Crippen LogP contribution is -2.31. The number of ether oxygens (including phenoxy) is 1. The first-order valence-electron chi connectivity index (χ1n) is 10.6. The number of hydrogen-bond acceptors (Lipinski definition) is 5. The maximum atomic E-state index is 13.7. The van der Waals surface area contributed by atoms with Crippen molar-refractivity contribution in [3.8, 4) is 0 Å². The Morgan fingerprint density at radius 3 is 2.31 bits per heavy atom. The van der Waals surface area contributed by atoms with Gasteiger partial charge in [-0.1, -0.05) is 65.7 Å². The average molecular weight is 529 g/mol. The Hall–Kier alpha value is -3.01. The molecule has 1 fully saturated rings. The fourth-order valence-electron chi connectivity index (χ4n) is 4.15. The summed E-state index contributed by atoms with van der Waals surface area (Å²) in [5, 5.41) is 13.8. The molecule has 10 heteroatoms. The van der Waals surface area contributed by atoms with Crippen molar-refractivity contribution in [2.75, 3.05) is 6.54 Å². The van der Waals surface area contributed by atoms with Gasteiger partial charge in [0.05, 0.1) is 15.9 Å². The highest BCUT2D eigenvalue weighted by Gasteiger charge is 2.43. The van der Waals surface area contributed by atoms with Crippen molar-refractivity contribution in [3.63, 3.8) is 0 Å². The van der Waals surface area contributed by atoms with Gasteiger partial charge < -0.3 is 4.74 Å². The highest BCUT2D eigenvalue weighted by atomic mass is 35.5. The Bertz CT molecular complexity index is 1540. The molecule has 4 aromatic carbocycles. The van der Waals surface area contributed by atoms with Crippen LogP contribution < -0.4 is 0 Å². The summed E-state index contributed by atoms with van der Waals surface area (Å²) in [5.41, 5.74) is 1.07. The van der Waals surface area contributed by atoms with Gasteiger partial charge in [0.25, 0.3) is 5.69 Å². The number of nitrogens with zero attached hydrogens (tertiary/aromatic N) is 2. The van der Waals surface area contributed by atoms with Gasteiger partial charge in [0.1, 0.15) is 0 Å². The summed E-state index contributed by atoms with van der Waals surface area (Å²) in [7, 11) is -4.09. The van der Waals surface area contributed by atoms with Gasteiger partial charge >= 0.3 is 0 Å². The molecule has 178 valence electrons. The molecule has 0 aliphatic carbocycles. The van der Waals surface area contributed by atoms with Crippen LogP contribution in [0.5, 0.6) is 0 Å². The van der Waals surface area contributed by atoms with Crippen molar-refractivity contribution in [2.24, 2.45) is 0 Å². The minimum atomic E-state index is -4.09. The average Bonchev–Trinajstić information content (AvgIpc) is 3.30. The quantitative estimate of drug-likeness (QED) is 0.217. The van der Waals surface area contributed by atoms with Gasteiger partial charge in [-0.3, -0.25) is 10.1 Å². The first-order chi connectivity index (χ1) is 16.7. The van der Waals surface area contributed by atoms with Crippen molar-refractivity contribution in [1.29, 1.82) is 0 Å². The first-order valence-corrected chi connectivity index (χ1v) is 12.8. The zero-order valence-corrected chi connectivity index (χ0v) is 20.4. The van der Waals surface area contributed by atoms with Gasteiger partial charge in [0.2, 0.25) is 10.0 Å². The molecular weight excluding hydrogens is 511 g/mol. The molecule has 0 bridgehead atoms. The van der Waals surface area contributed by atoms with Crippen molar-refractivity contribution >= 4 is 49.7 Å². The molecule has 1 aliphatic rings. The summed E-state index contributed by atoms with van der Waals surface area (Å²) >= 11 is 12.5. The number of halogens is 2. The third-order valence-corrected chi connectivity index (χ3v) is 8.32. The number of rotatable bonds is 5. The number of non-ortho nitro benzene ring substituents is 1. The smallest absolute Gasteiger partial charge is 0.269 e. The van der Waals surface area contributed by atoms with E-state index in [2.05, 4.69) is 0 Å². The fourth-order valence-corrected chi connectivity index (χ4v) is 6.15. The number of hydrogen-bond donors (Lipinski definition) is 0. The summed E-state index contributed by atoms with van der Waals surface area (Å²) in [6.07, 6.45) is -1.58. The lowest BCUT2D eigenvalue weighted by molar-refractivity contribution is -0.384. The number of nitro benzene ring substituents is 1. The molecule has 1 aliphatic heterocycles. The standard InChI is InChI=1S/C25H18Cl2N2O5S/c26-19-7-12-22(23(27)14-19)25-28(35(32,33)21-10-8-20(9-11-21)29(30)31)15-24(34-25)18-6-5-16-3-1-2-4-17(16)13-18/h1-14,24-25H,15H2/t24-,25-/m1/s1. The molecule has 0 aromatic heterocycles. The lowest BCUT2D eigenvalue weighted by atomic mass is 10.0. The molecule has 0 spiro atoms. The molecule has 4 aromatic rings. The van der Waals surface area contributed by atoms with Gasteiger partial charge in [-0.05, 0) is 46.7 Å². The monoisotopic (exact) mass is 528 g/mol. The van der Waals surface area contributed by atoms with E-state index in [9.17, 15) is 18.5 Å². The molecule has 0 radical (unpaired) electrons. The highest BCUT2D eigenvalue weighted by Crippen LogP contribution is 2.44. The zero-order chi connectivity index (χ0) is 24.7. The van der Waals surface area contributed by atoms with E-state index in [-0.39, 0.29) is 22.2 Å². The molecule has 1 saturated heterocycles. The highest BCUT2D eigenvalue weighted by molar-refractivity contribution is 7.89. The minimum absolute atomic E-state index is 0.0291.